The van der Waals surface area contributed by atoms with Gasteiger partial charge in [-0.2, -0.15) is 18.2 Å². The predicted octanol–water partition coefficient (Wildman–Crippen LogP) is 3.68. The van der Waals surface area contributed by atoms with Gasteiger partial charge in [-0.3, -0.25) is 9.59 Å². The van der Waals surface area contributed by atoms with E-state index in [1.165, 1.54) is 20.3 Å². The lowest BCUT2D eigenvalue weighted by Crippen LogP contribution is -2.40. The maximum Gasteiger partial charge on any atom is 0.416 e. The van der Waals surface area contributed by atoms with Gasteiger partial charge in [-0.25, -0.2) is 0 Å². The van der Waals surface area contributed by atoms with Gasteiger partial charge in [-0.05, 0) is 48.4 Å². The van der Waals surface area contributed by atoms with Crippen molar-refractivity contribution in [3.05, 3.63) is 53.1 Å². The summed E-state index contributed by atoms with van der Waals surface area (Å²) in [6.45, 7) is 1.06. The van der Waals surface area contributed by atoms with Crippen molar-refractivity contribution in [2.45, 2.75) is 32.0 Å². The lowest BCUT2D eigenvalue weighted by molar-refractivity contribution is -0.137. The van der Waals surface area contributed by atoms with Gasteiger partial charge in [-0.15, -0.1) is 0 Å². The predicted molar refractivity (Wildman–Crippen MR) is 116 cm³/mol. The summed E-state index contributed by atoms with van der Waals surface area (Å²) in [5, 5.41) is 2.77. The summed E-state index contributed by atoms with van der Waals surface area (Å²) < 4.78 is 49.0. The smallest absolute Gasteiger partial charge is 0.416 e. The molecule has 2 fully saturated rings. The molecule has 2 heterocycles. The molecule has 1 aliphatic heterocycles. The number of rotatable bonds is 6. The second kappa shape index (κ2) is 9.15. The number of carbonyl (C=O) groups is 2. The summed E-state index contributed by atoms with van der Waals surface area (Å²) in [5.74, 6) is 0.0184. The summed E-state index contributed by atoms with van der Waals surface area (Å²) in [5.41, 5.74) is -0.134. The number of halogens is 3. The van der Waals surface area contributed by atoms with Crippen LogP contribution in [0.15, 0.2) is 36.4 Å². The van der Waals surface area contributed by atoms with Crippen molar-refractivity contribution >= 4 is 11.8 Å². The van der Waals surface area contributed by atoms with E-state index < -0.39 is 11.7 Å². The highest BCUT2D eigenvalue weighted by molar-refractivity contribution is 5.96. The van der Waals surface area contributed by atoms with E-state index in [4.69, 9.17) is 9.47 Å². The zero-order valence-corrected chi connectivity index (χ0v) is 18.9. The summed E-state index contributed by atoms with van der Waals surface area (Å²) in [6, 6.07) is 8.18. The minimum Gasteiger partial charge on any atom is -0.481 e. The van der Waals surface area contributed by atoms with E-state index in [1.54, 1.807) is 23.1 Å². The zero-order chi connectivity index (χ0) is 24.5. The molecule has 182 valence electrons. The van der Waals surface area contributed by atoms with E-state index in [9.17, 15) is 22.8 Å². The number of aromatic nitrogens is 1. The molecule has 2 amide bonds. The van der Waals surface area contributed by atoms with E-state index in [1.807, 2.05) is 0 Å². The largest absolute Gasteiger partial charge is 0.481 e. The lowest BCUT2D eigenvalue weighted by atomic mass is 9.90. The van der Waals surface area contributed by atoms with Crippen LogP contribution in [0.5, 0.6) is 11.8 Å². The van der Waals surface area contributed by atoms with E-state index in [-0.39, 0.29) is 35.6 Å². The van der Waals surface area contributed by atoms with Crippen LogP contribution in [0.1, 0.15) is 40.7 Å². The van der Waals surface area contributed by atoms with Crippen LogP contribution in [-0.4, -0.2) is 49.0 Å². The number of nitrogens with zero attached hydrogens (tertiary/aromatic N) is 2. The normalized spacial score (nSPS) is 19.0. The van der Waals surface area contributed by atoms with Gasteiger partial charge in [0.1, 0.15) is 5.56 Å². The number of hydrogen-bond donors (Lipinski definition) is 1. The van der Waals surface area contributed by atoms with E-state index in [2.05, 4.69) is 10.3 Å². The molecule has 7 nitrogen and oxygen atoms in total. The number of benzene rings is 1. The van der Waals surface area contributed by atoms with Crippen molar-refractivity contribution in [2.24, 2.45) is 11.3 Å². The Morgan fingerprint density at radius 2 is 1.88 bits per heavy atom. The molecule has 1 N–H and O–H groups in total. The van der Waals surface area contributed by atoms with Crippen LogP contribution in [-0.2, 0) is 17.5 Å². The first-order valence-electron chi connectivity index (χ1n) is 11.0. The van der Waals surface area contributed by atoms with Crippen molar-refractivity contribution in [1.29, 1.82) is 0 Å². The third kappa shape index (κ3) is 4.80. The average Bonchev–Trinajstić information content (AvgIpc) is 3.54. The first-order chi connectivity index (χ1) is 16.2. The Hall–Kier alpha value is -3.30. The number of ether oxygens (including phenoxy) is 2. The van der Waals surface area contributed by atoms with Crippen LogP contribution < -0.4 is 14.8 Å². The summed E-state index contributed by atoms with van der Waals surface area (Å²) >= 11 is 0. The van der Waals surface area contributed by atoms with Gasteiger partial charge in [0, 0.05) is 31.6 Å². The molecule has 1 aromatic heterocycles. The molecule has 2 aromatic rings. The monoisotopic (exact) mass is 477 g/mol. The SMILES string of the molecule is COc1ccc(C(=O)N2CCC3(CC2)CC3C(=O)NCc2cccc(C(F)(F)F)c2)c(OC)n1. The Kier molecular flexibility index (Phi) is 6.42. The zero-order valence-electron chi connectivity index (χ0n) is 18.9. The van der Waals surface area contributed by atoms with Crippen molar-refractivity contribution in [3.63, 3.8) is 0 Å². The minimum atomic E-state index is -4.42. The van der Waals surface area contributed by atoms with Crippen molar-refractivity contribution in [2.75, 3.05) is 27.3 Å². The summed E-state index contributed by atoms with van der Waals surface area (Å²) in [7, 11) is 2.92. The highest BCUT2D eigenvalue weighted by Crippen LogP contribution is 2.59. The first-order valence-corrected chi connectivity index (χ1v) is 11.0. The number of carbonyl (C=O) groups excluding carboxylic acids is 2. The standard InChI is InChI=1S/C24H26F3N3O4/c1-33-19-7-6-17(21(29-19)34-2)22(32)30-10-8-23(9-11-30)13-18(23)20(31)28-14-15-4-3-5-16(12-15)24(25,26)27/h3-7,12,18H,8-11,13-14H2,1-2H3,(H,28,31). The Labute approximate surface area is 195 Å². The number of piperidine rings is 1. The maximum absolute atomic E-state index is 13.0. The van der Waals surface area contributed by atoms with Crippen LogP contribution in [0.2, 0.25) is 0 Å². The third-order valence-corrected chi connectivity index (χ3v) is 6.74. The van der Waals surface area contributed by atoms with Crippen LogP contribution in [0.3, 0.4) is 0 Å². The molecule has 1 aromatic carbocycles. The molecular weight excluding hydrogens is 451 g/mol. The number of likely N-dealkylation sites (tertiary alicyclic amines) is 1. The van der Waals surface area contributed by atoms with Gasteiger partial charge in [0.2, 0.25) is 17.7 Å². The molecule has 1 saturated heterocycles. The van der Waals surface area contributed by atoms with Gasteiger partial charge in [0.05, 0.1) is 19.8 Å². The van der Waals surface area contributed by atoms with Crippen LogP contribution in [0.25, 0.3) is 0 Å². The average molecular weight is 477 g/mol. The number of hydrogen-bond acceptors (Lipinski definition) is 5. The van der Waals surface area contributed by atoms with Crippen molar-refractivity contribution in [1.82, 2.24) is 15.2 Å². The molecule has 0 radical (unpaired) electrons. The van der Waals surface area contributed by atoms with Gasteiger partial charge >= 0.3 is 6.18 Å². The van der Waals surface area contributed by atoms with Gasteiger partial charge < -0.3 is 19.7 Å². The molecule has 10 heteroatoms. The van der Waals surface area contributed by atoms with E-state index in [0.29, 0.717) is 42.9 Å². The van der Waals surface area contributed by atoms with Crippen LogP contribution in [0, 0.1) is 11.3 Å². The molecule has 1 unspecified atom stereocenters. The molecule has 2 aliphatic rings. The Balaban J connectivity index is 1.31. The van der Waals surface area contributed by atoms with Crippen molar-refractivity contribution < 1.29 is 32.2 Å². The number of amides is 2. The molecule has 1 aliphatic carbocycles. The molecule has 0 bridgehead atoms. The third-order valence-electron chi connectivity index (χ3n) is 6.74. The Morgan fingerprint density at radius 3 is 2.53 bits per heavy atom. The highest BCUT2D eigenvalue weighted by Gasteiger charge is 2.58. The quantitative estimate of drug-likeness (QED) is 0.687. The van der Waals surface area contributed by atoms with E-state index in [0.717, 1.165) is 18.6 Å². The van der Waals surface area contributed by atoms with Crippen molar-refractivity contribution in [3.8, 4) is 11.8 Å². The van der Waals surface area contributed by atoms with Crippen LogP contribution >= 0.6 is 0 Å². The summed E-state index contributed by atoms with van der Waals surface area (Å²) in [6.07, 6.45) is -2.33. The maximum atomic E-state index is 13.0. The molecule has 1 spiro atoms. The molecule has 4 rings (SSSR count). The van der Waals surface area contributed by atoms with E-state index >= 15 is 0 Å². The minimum absolute atomic E-state index is 0.0458. The number of nitrogens with one attached hydrogen (secondary N) is 1. The van der Waals surface area contributed by atoms with Gasteiger partial charge in [0.25, 0.3) is 5.91 Å². The topological polar surface area (TPSA) is 80.8 Å². The second-order valence-corrected chi connectivity index (χ2v) is 8.74. The number of methoxy groups -OCH3 is 2. The fourth-order valence-corrected chi connectivity index (χ4v) is 4.62. The fourth-order valence-electron chi connectivity index (χ4n) is 4.62. The Morgan fingerprint density at radius 1 is 1.15 bits per heavy atom. The highest BCUT2D eigenvalue weighted by atomic mass is 19.4. The Bertz CT molecular complexity index is 1080. The van der Waals surface area contributed by atoms with Gasteiger partial charge in [0.15, 0.2) is 0 Å². The molecule has 1 atom stereocenters. The van der Waals surface area contributed by atoms with Gasteiger partial charge in [-0.1, -0.05) is 12.1 Å². The number of pyridine rings is 1. The lowest BCUT2D eigenvalue weighted by Gasteiger charge is -2.33. The molecular formula is C24H26F3N3O4. The second-order valence-electron chi connectivity index (χ2n) is 8.74. The molecule has 34 heavy (non-hydrogen) atoms. The van der Waals surface area contributed by atoms with Crippen LogP contribution in [0.4, 0.5) is 13.2 Å². The fraction of sp³-hybridized carbons (Fsp3) is 0.458. The molecule has 1 saturated carbocycles. The summed E-state index contributed by atoms with van der Waals surface area (Å²) in [4.78, 5) is 31.5. The number of alkyl halides is 3. The first kappa shape index (κ1) is 23.8.